The van der Waals surface area contributed by atoms with Crippen molar-refractivity contribution >= 4 is 11.9 Å². The highest BCUT2D eigenvalue weighted by Gasteiger charge is 2.23. The Balaban J connectivity index is 2.01. The maximum atomic E-state index is 11.7. The van der Waals surface area contributed by atoms with Crippen LogP contribution in [0, 0.1) is 5.92 Å². The van der Waals surface area contributed by atoms with Crippen molar-refractivity contribution in [1.29, 1.82) is 0 Å². The zero-order chi connectivity index (χ0) is 18.3. The lowest BCUT2D eigenvalue weighted by atomic mass is 10.0. The molecule has 0 aromatic carbocycles. The predicted molar refractivity (Wildman–Crippen MR) is 100 cm³/mol. The van der Waals surface area contributed by atoms with Gasteiger partial charge in [0, 0.05) is 12.2 Å². The Hall–Kier alpha value is -1.32. The van der Waals surface area contributed by atoms with Gasteiger partial charge in [0.15, 0.2) is 0 Å². The van der Waals surface area contributed by atoms with Crippen LogP contribution in [-0.4, -0.2) is 24.6 Å². The highest BCUT2D eigenvalue weighted by molar-refractivity contribution is 5.91. The van der Waals surface area contributed by atoms with E-state index in [1.807, 2.05) is 6.92 Å². The molecule has 0 heterocycles. The third-order valence-corrected chi connectivity index (χ3v) is 4.96. The van der Waals surface area contributed by atoms with Gasteiger partial charge in [0.1, 0.15) is 6.10 Å². The van der Waals surface area contributed by atoms with Crippen molar-refractivity contribution in [3.8, 4) is 0 Å². The minimum atomic E-state index is -0.464. The summed E-state index contributed by atoms with van der Waals surface area (Å²) in [6.07, 6.45) is 16.6. The van der Waals surface area contributed by atoms with E-state index in [1.54, 1.807) is 0 Å². The summed E-state index contributed by atoms with van der Waals surface area (Å²) in [6.45, 7) is 4.58. The fourth-order valence-corrected chi connectivity index (χ4v) is 3.34. The predicted octanol–water partition coefficient (Wildman–Crippen LogP) is 5.35. The number of unbranched alkanes of at least 4 members (excludes halogenated alkanes) is 7. The van der Waals surface area contributed by atoms with Gasteiger partial charge in [-0.05, 0) is 32.1 Å². The van der Waals surface area contributed by atoms with Crippen molar-refractivity contribution in [3.05, 3.63) is 12.2 Å². The van der Waals surface area contributed by atoms with Crippen LogP contribution >= 0.6 is 0 Å². The van der Waals surface area contributed by atoms with Crippen LogP contribution in [0.2, 0.25) is 0 Å². The molecular weight excluding hydrogens is 316 g/mol. The molecule has 0 aromatic rings. The Labute approximate surface area is 153 Å². The minimum absolute atomic E-state index is 0.0759. The minimum Gasteiger partial charge on any atom is -0.463 e. The van der Waals surface area contributed by atoms with E-state index < -0.39 is 11.9 Å². The highest BCUT2D eigenvalue weighted by Crippen LogP contribution is 2.29. The third kappa shape index (κ3) is 11.0. The monoisotopic (exact) mass is 352 g/mol. The first-order valence-electron chi connectivity index (χ1n) is 10.2. The first-order chi connectivity index (χ1) is 12.1. The van der Waals surface area contributed by atoms with Crippen LogP contribution in [0.4, 0.5) is 0 Å². The van der Waals surface area contributed by atoms with Crippen molar-refractivity contribution in [2.75, 3.05) is 6.61 Å². The number of hydrogen-bond acceptors (Lipinski definition) is 4. The van der Waals surface area contributed by atoms with Crippen molar-refractivity contribution in [2.24, 2.45) is 5.92 Å². The van der Waals surface area contributed by atoms with E-state index in [4.69, 9.17) is 9.47 Å². The molecule has 1 fully saturated rings. The summed E-state index contributed by atoms with van der Waals surface area (Å²) in [4.78, 5) is 23.3. The smallest absolute Gasteiger partial charge is 0.331 e. The lowest BCUT2D eigenvalue weighted by Gasteiger charge is -2.18. The Morgan fingerprint density at radius 3 is 2.12 bits per heavy atom. The second kappa shape index (κ2) is 13.9. The summed E-state index contributed by atoms with van der Waals surface area (Å²) >= 11 is 0. The quantitative estimate of drug-likeness (QED) is 0.255. The van der Waals surface area contributed by atoms with Gasteiger partial charge in [-0.3, -0.25) is 0 Å². The van der Waals surface area contributed by atoms with E-state index in [2.05, 4.69) is 6.92 Å². The Kier molecular flexibility index (Phi) is 12.1. The average Bonchev–Trinajstić information content (AvgIpc) is 3.13. The van der Waals surface area contributed by atoms with Crippen molar-refractivity contribution < 1.29 is 19.1 Å². The SMILES string of the molecule is CCCCCCCCCCOC(=O)/C=C/C(=O)OC(C)C1CCCC1. The maximum Gasteiger partial charge on any atom is 0.331 e. The standard InChI is InChI=1S/C21H36O4/c1-3-4-5-6-7-8-9-12-17-24-20(22)15-16-21(23)25-18(2)19-13-10-11-14-19/h15-16,18-19H,3-14,17H2,1-2H3/b16-15+. The van der Waals surface area contributed by atoms with Crippen LogP contribution < -0.4 is 0 Å². The van der Waals surface area contributed by atoms with Crippen LogP contribution in [0.5, 0.6) is 0 Å². The second-order valence-corrected chi connectivity index (χ2v) is 7.16. The fourth-order valence-electron chi connectivity index (χ4n) is 3.34. The second-order valence-electron chi connectivity index (χ2n) is 7.16. The molecule has 0 spiro atoms. The number of carbonyl (C=O) groups is 2. The molecule has 25 heavy (non-hydrogen) atoms. The van der Waals surface area contributed by atoms with Gasteiger partial charge < -0.3 is 9.47 Å². The molecule has 0 aliphatic heterocycles. The molecule has 0 amide bonds. The van der Waals surface area contributed by atoms with Crippen LogP contribution in [0.25, 0.3) is 0 Å². The molecule has 4 nitrogen and oxygen atoms in total. The Bertz CT molecular complexity index is 397. The van der Waals surface area contributed by atoms with E-state index in [9.17, 15) is 9.59 Å². The molecule has 0 bridgehead atoms. The molecule has 0 radical (unpaired) electrons. The van der Waals surface area contributed by atoms with Gasteiger partial charge in [-0.15, -0.1) is 0 Å². The highest BCUT2D eigenvalue weighted by atomic mass is 16.5. The van der Waals surface area contributed by atoms with E-state index in [1.165, 1.54) is 63.5 Å². The molecule has 0 saturated heterocycles. The molecular formula is C21H36O4. The average molecular weight is 353 g/mol. The van der Waals surface area contributed by atoms with E-state index in [0.717, 1.165) is 25.7 Å². The zero-order valence-corrected chi connectivity index (χ0v) is 16.1. The molecule has 144 valence electrons. The molecule has 0 aromatic heterocycles. The number of rotatable bonds is 13. The van der Waals surface area contributed by atoms with E-state index in [-0.39, 0.29) is 6.10 Å². The summed E-state index contributed by atoms with van der Waals surface area (Å²) in [6, 6.07) is 0. The summed E-state index contributed by atoms with van der Waals surface area (Å²) in [5, 5.41) is 0. The topological polar surface area (TPSA) is 52.6 Å². The molecule has 1 aliphatic carbocycles. The van der Waals surface area contributed by atoms with Gasteiger partial charge >= 0.3 is 11.9 Å². The lowest BCUT2D eigenvalue weighted by Crippen LogP contribution is -2.21. The summed E-state index contributed by atoms with van der Waals surface area (Å²) < 4.78 is 10.5. The van der Waals surface area contributed by atoms with Gasteiger partial charge in [0.2, 0.25) is 0 Å². The van der Waals surface area contributed by atoms with Gasteiger partial charge in [-0.1, -0.05) is 64.7 Å². The van der Waals surface area contributed by atoms with E-state index in [0.29, 0.717) is 12.5 Å². The summed E-state index contributed by atoms with van der Waals surface area (Å²) in [7, 11) is 0. The van der Waals surface area contributed by atoms with E-state index >= 15 is 0 Å². The van der Waals surface area contributed by atoms with Crippen molar-refractivity contribution in [2.45, 2.75) is 97.0 Å². The molecule has 1 saturated carbocycles. The summed E-state index contributed by atoms with van der Waals surface area (Å²) in [5.41, 5.74) is 0. The number of esters is 2. The molecule has 1 unspecified atom stereocenters. The number of carbonyl (C=O) groups excluding carboxylic acids is 2. The Morgan fingerprint density at radius 2 is 1.48 bits per heavy atom. The zero-order valence-electron chi connectivity index (χ0n) is 16.1. The Morgan fingerprint density at radius 1 is 0.920 bits per heavy atom. The van der Waals surface area contributed by atoms with Gasteiger partial charge in [-0.25, -0.2) is 9.59 Å². The molecule has 1 rings (SSSR count). The largest absolute Gasteiger partial charge is 0.463 e. The lowest BCUT2D eigenvalue weighted by molar-refractivity contribution is -0.145. The van der Waals surface area contributed by atoms with Crippen LogP contribution in [0.3, 0.4) is 0 Å². The van der Waals surface area contributed by atoms with Gasteiger partial charge in [0.05, 0.1) is 6.61 Å². The van der Waals surface area contributed by atoms with Crippen LogP contribution in [-0.2, 0) is 19.1 Å². The number of ether oxygens (including phenoxy) is 2. The first kappa shape index (κ1) is 21.7. The van der Waals surface area contributed by atoms with Crippen LogP contribution in [0.1, 0.15) is 90.9 Å². The molecule has 4 heteroatoms. The third-order valence-electron chi connectivity index (χ3n) is 4.96. The summed E-state index contributed by atoms with van der Waals surface area (Å²) in [5.74, 6) is -0.455. The molecule has 0 N–H and O–H groups in total. The fraction of sp³-hybridized carbons (Fsp3) is 0.810. The van der Waals surface area contributed by atoms with Crippen LogP contribution in [0.15, 0.2) is 12.2 Å². The maximum absolute atomic E-state index is 11.7. The van der Waals surface area contributed by atoms with Gasteiger partial charge in [-0.2, -0.15) is 0 Å². The van der Waals surface area contributed by atoms with Crippen molar-refractivity contribution in [1.82, 2.24) is 0 Å². The molecule has 1 aliphatic rings. The van der Waals surface area contributed by atoms with Crippen molar-refractivity contribution in [3.63, 3.8) is 0 Å². The number of hydrogen-bond donors (Lipinski definition) is 0. The normalized spacial score (nSPS) is 16.2. The van der Waals surface area contributed by atoms with Gasteiger partial charge in [0.25, 0.3) is 0 Å². The first-order valence-corrected chi connectivity index (χ1v) is 10.2. The molecule has 1 atom stereocenters.